The Bertz CT molecular complexity index is 782. The maximum Gasteiger partial charge on any atom is 0.219 e. The highest BCUT2D eigenvalue weighted by Crippen LogP contribution is 2.39. The van der Waals surface area contributed by atoms with Gasteiger partial charge in [-0.1, -0.05) is 37.3 Å². The molecular weight excluding hydrogens is 372 g/mol. The standard InChI is InChI=1S/C22H28N2O3S/c1-3-13-27-15-19-14-21(18-7-5-4-6-8-18)28-22(19)24(16-25)20-9-11-23(12-10-20)17(2)26/h4-8,14,16,20H,3,9-13,15H2,1-2H3. The van der Waals surface area contributed by atoms with Crippen LogP contribution in [0.1, 0.15) is 38.7 Å². The molecule has 150 valence electrons. The number of carbonyl (C=O) groups is 2. The molecule has 0 spiro atoms. The molecule has 1 fully saturated rings. The van der Waals surface area contributed by atoms with Gasteiger partial charge in [0.25, 0.3) is 0 Å². The van der Waals surface area contributed by atoms with E-state index in [-0.39, 0.29) is 11.9 Å². The highest BCUT2D eigenvalue weighted by molar-refractivity contribution is 7.19. The summed E-state index contributed by atoms with van der Waals surface area (Å²) in [7, 11) is 0. The van der Waals surface area contributed by atoms with Gasteiger partial charge in [0.05, 0.1) is 6.61 Å². The first-order valence-corrected chi connectivity index (χ1v) is 10.7. The van der Waals surface area contributed by atoms with Gasteiger partial charge < -0.3 is 14.5 Å². The first-order valence-electron chi connectivity index (χ1n) is 9.89. The number of anilines is 1. The van der Waals surface area contributed by atoms with Crippen molar-refractivity contribution >= 4 is 28.7 Å². The Kier molecular flexibility index (Phi) is 7.23. The van der Waals surface area contributed by atoms with Gasteiger partial charge >= 0.3 is 0 Å². The fourth-order valence-corrected chi connectivity index (χ4v) is 4.78. The molecule has 1 aromatic heterocycles. The van der Waals surface area contributed by atoms with Crippen molar-refractivity contribution in [3.63, 3.8) is 0 Å². The SMILES string of the molecule is CCCOCc1cc(-c2ccccc2)sc1N(C=O)C1CCN(C(C)=O)CC1. The molecule has 2 amide bonds. The molecule has 5 nitrogen and oxygen atoms in total. The van der Waals surface area contributed by atoms with E-state index in [1.54, 1.807) is 18.3 Å². The number of carbonyl (C=O) groups excluding carboxylic acids is 2. The summed E-state index contributed by atoms with van der Waals surface area (Å²) < 4.78 is 5.80. The molecule has 0 unspecified atom stereocenters. The van der Waals surface area contributed by atoms with Crippen LogP contribution in [0.25, 0.3) is 10.4 Å². The molecule has 0 saturated carbocycles. The number of rotatable bonds is 8. The van der Waals surface area contributed by atoms with E-state index in [1.807, 2.05) is 28.0 Å². The number of amides is 2. The maximum absolute atomic E-state index is 12.1. The molecule has 0 atom stereocenters. The highest BCUT2D eigenvalue weighted by atomic mass is 32.1. The number of thiophene rings is 1. The summed E-state index contributed by atoms with van der Waals surface area (Å²) in [4.78, 5) is 28.5. The second-order valence-corrected chi connectivity index (χ2v) is 8.14. The predicted octanol–water partition coefficient (Wildman–Crippen LogP) is 4.32. The molecule has 2 aromatic rings. The number of likely N-dealkylation sites (tertiary alicyclic amines) is 1. The van der Waals surface area contributed by atoms with E-state index < -0.39 is 0 Å². The topological polar surface area (TPSA) is 49.9 Å². The van der Waals surface area contributed by atoms with Gasteiger partial charge in [-0.25, -0.2) is 0 Å². The van der Waals surface area contributed by atoms with Crippen LogP contribution in [-0.2, 0) is 20.9 Å². The summed E-state index contributed by atoms with van der Waals surface area (Å²) in [5.41, 5.74) is 2.20. The normalized spacial score (nSPS) is 14.9. The average Bonchev–Trinajstić information content (AvgIpc) is 3.14. The number of piperidine rings is 1. The van der Waals surface area contributed by atoms with E-state index in [2.05, 4.69) is 25.1 Å². The van der Waals surface area contributed by atoms with Crippen molar-refractivity contribution in [2.24, 2.45) is 0 Å². The van der Waals surface area contributed by atoms with E-state index in [9.17, 15) is 9.59 Å². The Morgan fingerprint density at radius 3 is 2.61 bits per heavy atom. The Labute approximate surface area is 170 Å². The zero-order valence-corrected chi connectivity index (χ0v) is 17.4. The van der Waals surface area contributed by atoms with Crippen molar-refractivity contribution in [2.45, 2.75) is 45.8 Å². The zero-order valence-electron chi connectivity index (χ0n) is 16.6. The molecule has 1 aliphatic heterocycles. The van der Waals surface area contributed by atoms with Crippen molar-refractivity contribution < 1.29 is 14.3 Å². The van der Waals surface area contributed by atoms with Crippen LogP contribution in [0.2, 0.25) is 0 Å². The van der Waals surface area contributed by atoms with E-state index in [0.29, 0.717) is 26.3 Å². The van der Waals surface area contributed by atoms with Crippen molar-refractivity contribution in [1.82, 2.24) is 4.90 Å². The molecule has 28 heavy (non-hydrogen) atoms. The summed E-state index contributed by atoms with van der Waals surface area (Å²) >= 11 is 1.64. The second kappa shape index (κ2) is 9.85. The van der Waals surface area contributed by atoms with Gasteiger partial charge in [-0.2, -0.15) is 0 Å². The largest absolute Gasteiger partial charge is 0.377 e. The number of nitrogens with zero attached hydrogens (tertiary/aromatic N) is 2. The van der Waals surface area contributed by atoms with Gasteiger partial charge in [0.2, 0.25) is 12.3 Å². The van der Waals surface area contributed by atoms with Gasteiger partial charge in [0.1, 0.15) is 5.00 Å². The van der Waals surface area contributed by atoms with Gasteiger partial charge in [-0.3, -0.25) is 9.59 Å². The van der Waals surface area contributed by atoms with Gasteiger partial charge in [0.15, 0.2) is 0 Å². The minimum atomic E-state index is 0.104. The van der Waals surface area contributed by atoms with Crippen molar-refractivity contribution in [1.29, 1.82) is 0 Å². The van der Waals surface area contributed by atoms with Crippen molar-refractivity contribution in [3.05, 3.63) is 42.0 Å². The predicted molar refractivity (Wildman–Crippen MR) is 114 cm³/mol. The van der Waals surface area contributed by atoms with Crippen molar-refractivity contribution in [3.8, 4) is 10.4 Å². The lowest BCUT2D eigenvalue weighted by Gasteiger charge is -2.36. The second-order valence-electron chi connectivity index (χ2n) is 7.11. The van der Waals surface area contributed by atoms with Crippen LogP contribution < -0.4 is 4.90 Å². The third kappa shape index (κ3) is 4.80. The van der Waals surface area contributed by atoms with Gasteiger partial charge in [-0.05, 0) is 30.9 Å². The number of hydrogen-bond acceptors (Lipinski definition) is 4. The van der Waals surface area contributed by atoms with E-state index in [0.717, 1.165) is 46.7 Å². The van der Waals surface area contributed by atoms with Crippen LogP contribution in [0.4, 0.5) is 5.00 Å². The lowest BCUT2D eigenvalue weighted by atomic mass is 10.0. The Morgan fingerprint density at radius 1 is 1.29 bits per heavy atom. The Balaban J connectivity index is 1.85. The Hall–Kier alpha value is -2.18. The van der Waals surface area contributed by atoms with Gasteiger partial charge in [0, 0.05) is 43.1 Å². The molecule has 0 N–H and O–H groups in total. The molecule has 0 bridgehead atoms. The van der Waals surface area contributed by atoms with Crippen LogP contribution in [0.3, 0.4) is 0 Å². The fourth-order valence-electron chi connectivity index (χ4n) is 3.57. The number of benzene rings is 1. The molecule has 1 aliphatic rings. The first-order chi connectivity index (χ1) is 13.6. The van der Waals surface area contributed by atoms with E-state index in [1.165, 1.54) is 0 Å². The quantitative estimate of drug-likeness (QED) is 0.490. The third-order valence-electron chi connectivity index (χ3n) is 5.10. The first kappa shape index (κ1) is 20.6. The van der Waals surface area contributed by atoms with E-state index >= 15 is 0 Å². The summed E-state index contributed by atoms with van der Waals surface area (Å²) in [6.07, 6.45) is 3.50. The molecule has 3 rings (SSSR count). The lowest BCUT2D eigenvalue weighted by molar-refractivity contribution is -0.129. The fraction of sp³-hybridized carbons (Fsp3) is 0.455. The number of ether oxygens (including phenoxy) is 1. The molecule has 1 aromatic carbocycles. The Morgan fingerprint density at radius 2 is 2.00 bits per heavy atom. The molecule has 6 heteroatoms. The molecule has 0 aliphatic carbocycles. The molecule has 2 heterocycles. The van der Waals surface area contributed by atoms with Crippen LogP contribution in [-0.4, -0.2) is 43.0 Å². The molecular formula is C22H28N2O3S. The van der Waals surface area contributed by atoms with Crippen LogP contribution in [0, 0.1) is 0 Å². The zero-order chi connectivity index (χ0) is 19.9. The summed E-state index contributed by atoms with van der Waals surface area (Å²) in [6.45, 7) is 6.29. The molecule has 0 radical (unpaired) electrons. The average molecular weight is 401 g/mol. The highest BCUT2D eigenvalue weighted by Gasteiger charge is 2.28. The van der Waals surface area contributed by atoms with Crippen LogP contribution in [0.15, 0.2) is 36.4 Å². The molecule has 1 saturated heterocycles. The minimum Gasteiger partial charge on any atom is -0.377 e. The summed E-state index contributed by atoms with van der Waals surface area (Å²) in [5.74, 6) is 0.104. The van der Waals surface area contributed by atoms with Crippen LogP contribution >= 0.6 is 11.3 Å². The van der Waals surface area contributed by atoms with Crippen LogP contribution in [0.5, 0.6) is 0 Å². The minimum absolute atomic E-state index is 0.104. The maximum atomic E-state index is 12.1. The summed E-state index contributed by atoms with van der Waals surface area (Å²) in [6, 6.07) is 12.5. The summed E-state index contributed by atoms with van der Waals surface area (Å²) in [5, 5.41) is 0.964. The lowest BCUT2D eigenvalue weighted by Crippen LogP contribution is -2.46. The number of hydrogen-bond donors (Lipinski definition) is 0. The third-order valence-corrected chi connectivity index (χ3v) is 6.34. The van der Waals surface area contributed by atoms with Gasteiger partial charge in [-0.15, -0.1) is 11.3 Å². The van der Waals surface area contributed by atoms with E-state index in [4.69, 9.17) is 4.74 Å². The smallest absolute Gasteiger partial charge is 0.219 e. The monoisotopic (exact) mass is 400 g/mol. The van der Waals surface area contributed by atoms with Crippen molar-refractivity contribution in [2.75, 3.05) is 24.6 Å².